The van der Waals surface area contributed by atoms with E-state index >= 15 is 0 Å². The Morgan fingerprint density at radius 3 is 2.67 bits per heavy atom. The van der Waals surface area contributed by atoms with Crippen molar-refractivity contribution in [3.05, 3.63) is 18.2 Å². The molecule has 1 rings (SSSR count). The molecule has 3 nitrogen and oxygen atoms in total. The number of nitrogens with zero attached hydrogens (tertiary/aromatic N) is 2. The topological polar surface area (TPSA) is 38.0 Å². The number of hydrogen-bond acceptors (Lipinski definition) is 2. The van der Waals surface area contributed by atoms with Gasteiger partial charge >= 0.3 is 6.18 Å². The summed E-state index contributed by atoms with van der Waals surface area (Å²) in [5.74, 6) is 0. The van der Waals surface area contributed by atoms with Gasteiger partial charge in [0.1, 0.15) is 0 Å². The Balaban J connectivity index is 2.34. The van der Waals surface area contributed by atoms with Crippen LogP contribution in [0.2, 0.25) is 0 Å². The molecule has 0 aliphatic carbocycles. The van der Waals surface area contributed by atoms with Crippen molar-refractivity contribution in [2.45, 2.75) is 31.5 Å². The molecule has 1 aromatic rings. The Morgan fingerprint density at radius 2 is 2.20 bits per heavy atom. The van der Waals surface area contributed by atoms with Crippen molar-refractivity contribution in [2.24, 2.45) is 7.05 Å². The first kappa shape index (κ1) is 12.0. The number of hydrogen-bond donors (Lipinski definition) is 1. The molecule has 0 aliphatic rings. The van der Waals surface area contributed by atoms with Crippen molar-refractivity contribution in [3.63, 3.8) is 0 Å². The molecule has 0 amide bonds. The molecule has 0 saturated heterocycles. The quantitative estimate of drug-likeness (QED) is 0.847. The predicted octanol–water partition coefficient (Wildman–Crippen LogP) is 2.19. The normalized spacial score (nSPS) is 14.2. The molecule has 0 saturated carbocycles. The summed E-state index contributed by atoms with van der Waals surface area (Å²) in [7, 11) is 1.74. The second-order valence-corrected chi connectivity index (χ2v) is 3.49. The van der Waals surface area contributed by atoms with E-state index in [1.165, 1.54) is 6.33 Å². The highest BCUT2D eigenvalue weighted by Crippen LogP contribution is 2.25. The van der Waals surface area contributed by atoms with Gasteiger partial charge in [-0.2, -0.15) is 13.2 Å². The van der Waals surface area contributed by atoms with Crippen LogP contribution < -0.4 is 0 Å². The third-order valence-corrected chi connectivity index (χ3v) is 2.00. The molecule has 1 heterocycles. The molecule has 0 radical (unpaired) electrons. The third kappa shape index (κ3) is 4.33. The van der Waals surface area contributed by atoms with Gasteiger partial charge < -0.3 is 9.67 Å². The van der Waals surface area contributed by atoms with Gasteiger partial charge in [-0.25, -0.2) is 4.98 Å². The molecule has 0 aliphatic heterocycles. The highest BCUT2D eigenvalue weighted by atomic mass is 19.4. The molecule has 1 N–H and O–H groups in total. The lowest BCUT2D eigenvalue weighted by Crippen LogP contribution is -2.08. The van der Waals surface area contributed by atoms with Crippen LogP contribution in [0.3, 0.4) is 0 Å². The second-order valence-electron chi connectivity index (χ2n) is 3.49. The zero-order chi connectivity index (χ0) is 11.5. The van der Waals surface area contributed by atoms with Gasteiger partial charge in [-0.1, -0.05) is 0 Å². The van der Waals surface area contributed by atoms with E-state index in [-0.39, 0.29) is 12.8 Å². The molecular formula is C9H13F3N2O. The van der Waals surface area contributed by atoms with Gasteiger partial charge in [0.25, 0.3) is 0 Å². The number of aryl methyl sites for hydroxylation is 1. The monoisotopic (exact) mass is 222 g/mol. The molecule has 0 bridgehead atoms. The molecule has 86 valence electrons. The smallest absolute Gasteiger partial charge is 0.387 e. The van der Waals surface area contributed by atoms with E-state index < -0.39 is 18.7 Å². The average molecular weight is 222 g/mol. The minimum Gasteiger partial charge on any atom is -0.387 e. The Morgan fingerprint density at radius 1 is 1.53 bits per heavy atom. The molecule has 1 unspecified atom stereocenters. The first-order valence-electron chi connectivity index (χ1n) is 4.61. The van der Waals surface area contributed by atoms with Gasteiger partial charge in [0.15, 0.2) is 0 Å². The molecular weight excluding hydrogens is 209 g/mol. The molecule has 1 aromatic heterocycles. The van der Waals surface area contributed by atoms with E-state index in [0.717, 1.165) is 0 Å². The number of aliphatic hydroxyl groups is 1. The molecule has 1 atom stereocenters. The summed E-state index contributed by atoms with van der Waals surface area (Å²) in [4.78, 5) is 3.86. The molecule has 6 heteroatoms. The summed E-state index contributed by atoms with van der Waals surface area (Å²) in [6.07, 6.45) is -2.83. The maximum atomic E-state index is 11.8. The fourth-order valence-electron chi connectivity index (χ4n) is 1.25. The van der Waals surface area contributed by atoms with E-state index in [1.54, 1.807) is 17.8 Å². The number of halogens is 3. The highest BCUT2D eigenvalue weighted by molar-refractivity contribution is 5.00. The van der Waals surface area contributed by atoms with Gasteiger partial charge in [-0.3, -0.25) is 0 Å². The van der Waals surface area contributed by atoms with E-state index in [1.807, 2.05) is 0 Å². The summed E-state index contributed by atoms with van der Waals surface area (Å²) >= 11 is 0. The maximum Gasteiger partial charge on any atom is 0.389 e. The van der Waals surface area contributed by atoms with Crippen LogP contribution in [-0.2, 0) is 7.05 Å². The number of imidazole rings is 1. The summed E-state index contributed by atoms with van der Waals surface area (Å²) in [6.45, 7) is 0. The molecule has 0 aromatic carbocycles. The SMILES string of the molecule is Cn1cnc(C(O)CCCC(F)(F)F)c1. The maximum absolute atomic E-state index is 11.8. The van der Waals surface area contributed by atoms with Gasteiger partial charge in [0, 0.05) is 19.7 Å². The average Bonchev–Trinajstić information content (AvgIpc) is 2.49. The summed E-state index contributed by atoms with van der Waals surface area (Å²) in [5, 5.41) is 9.49. The Bertz CT molecular complexity index is 309. The Kier molecular flexibility index (Phi) is 3.73. The van der Waals surface area contributed by atoms with Gasteiger partial charge in [0.2, 0.25) is 0 Å². The van der Waals surface area contributed by atoms with Gasteiger partial charge in [-0.15, -0.1) is 0 Å². The van der Waals surface area contributed by atoms with Crippen LogP contribution in [0.15, 0.2) is 12.5 Å². The first-order chi connectivity index (χ1) is 6.88. The number of aromatic nitrogens is 2. The fourth-order valence-corrected chi connectivity index (χ4v) is 1.25. The lowest BCUT2D eigenvalue weighted by Gasteiger charge is -2.09. The van der Waals surface area contributed by atoms with Crippen LogP contribution in [0.25, 0.3) is 0 Å². The zero-order valence-corrected chi connectivity index (χ0v) is 8.33. The van der Waals surface area contributed by atoms with Crippen LogP contribution >= 0.6 is 0 Å². The second kappa shape index (κ2) is 4.65. The van der Waals surface area contributed by atoms with Crippen LogP contribution in [-0.4, -0.2) is 20.8 Å². The van der Waals surface area contributed by atoms with Crippen molar-refractivity contribution in [1.82, 2.24) is 9.55 Å². The van der Waals surface area contributed by atoms with Crippen LogP contribution in [0.1, 0.15) is 31.1 Å². The molecule has 0 fully saturated rings. The van der Waals surface area contributed by atoms with Crippen molar-refractivity contribution in [2.75, 3.05) is 0 Å². The first-order valence-corrected chi connectivity index (χ1v) is 4.61. The summed E-state index contributed by atoms with van der Waals surface area (Å²) < 4.78 is 37.1. The minimum atomic E-state index is -4.15. The third-order valence-electron chi connectivity index (χ3n) is 2.00. The zero-order valence-electron chi connectivity index (χ0n) is 8.33. The number of rotatable bonds is 4. The highest BCUT2D eigenvalue weighted by Gasteiger charge is 2.26. The number of aliphatic hydroxyl groups excluding tert-OH is 1. The summed E-state index contributed by atoms with van der Waals surface area (Å²) in [6, 6.07) is 0. The van der Waals surface area contributed by atoms with Crippen LogP contribution in [0, 0.1) is 0 Å². The van der Waals surface area contributed by atoms with Crippen LogP contribution in [0.4, 0.5) is 13.2 Å². The van der Waals surface area contributed by atoms with Gasteiger partial charge in [-0.05, 0) is 12.8 Å². The van der Waals surface area contributed by atoms with E-state index in [4.69, 9.17) is 0 Å². The van der Waals surface area contributed by atoms with Crippen molar-refractivity contribution in [1.29, 1.82) is 0 Å². The minimum absolute atomic E-state index is 0.0799. The summed E-state index contributed by atoms with van der Waals surface area (Å²) in [5.41, 5.74) is 0.416. The fraction of sp³-hybridized carbons (Fsp3) is 0.667. The van der Waals surface area contributed by atoms with E-state index in [0.29, 0.717) is 5.69 Å². The largest absolute Gasteiger partial charge is 0.389 e. The van der Waals surface area contributed by atoms with E-state index in [9.17, 15) is 18.3 Å². The molecule has 15 heavy (non-hydrogen) atoms. The van der Waals surface area contributed by atoms with Crippen LogP contribution in [0.5, 0.6) is 0 Å². The Hall–Kier alpha value is -1.04. The van der Waals surface area contributed by atoms with E-state index in [2.05, 4.69) is 4.98 Å². The Labute approximate surface area is 85.6 Å². The molecule has 0 spiro atoms. The van der Waals surface area contributed by atoms with Crippen molar-refractivity contribution in [3.8, 4) is 0 Å². The van der Waals surface area contributed by atoms with Crippen molar-refractivity contribution >= 4 is 0 Å². The number of alkyl halides is 3. The predicted molar refractivity (Wildman–Crippen MR) is 48.1 cm³/mol. The van der Waals surface area contributed by atoms with Crippen molar-refractivity contribution < 1.29 is 18.3 Å². The lowest BCUT2D eigenvalue weighted by molar-refractivity contribution is -0.136. The lowest BCUT2D eigenvalue weighted by atomic mass is 10.1. The standard InChI is InChI=1S/C9H13F3N2O/c1-14-5-7(13-6-14)8(15)3-2-4-9(10,11)12/h5-6,8,15H,2-4H2,1H3. The van der Waals surface area contributed by atoms with Gasteiger partial charge in [0.05, 0.1) is 18.1 Å².